The van der Waals surface area contributed by atoms with E-state index in [1.54, 1.807) is 13.0 Å². The fraction of sp³-hybridized carbons (Fsp3) is 0.467. The number of carbonyl (C=O) groups is 2. The van der Waals surface area contributed by atoms with Gasteiger partial charge in [0.15, 0.2) is 5.78 Å². The standard InChI is InChI=1S/C15H18O4/c1-4-18-15(17)12-7-8-19-14-10(3)9(2)5-6-11(14)13(12)16/h5-6,12H,4,7-8H2,1-3H3. The van der Waals surface area contributed by atoms with Crippen molar-refractivity contribution in [3.05, 3.63) is 28.8 Å². The lowest BCUT2D eigenvalue weighted by Crippen LogP contribution is -2.26. The maximum absolute atomic E-state index is 12.4. The van der Waals surface area contributed by atoms with Gasteiger partial charge in [-0.05, 0) is 38.0 Å². The first-order valence-electron chi connectivity index (χ1n) is 6.50. The summed E-state index contributed by atoms with van der Waals surface area (Å²) >= 11 is 0. The summed E-state index contributed by atoms with van der Waals surface area (Å²) in [5.41, 5.74) is 2.51. The zero-order chi connectivity index (χ0) is 14.0. The van der Waals surface area contributed by atoms with Gasteiger partial charge in [0.2, 0.25) is 0 Å². The average molecular weight is 262 g/mol. The van der Waals surface area contributed by atoms with Crippen molar-refractivity contribution in [1.29, 1.82) is 0 Å². The molecule has 0 N–H and O–H groups in total. The number of ether oxygens (including phenoxy) is 2. The molecule has 0 aromatic heterocycles. The van der Waals surface area contributed by atoms with E-state index < -0.39 is 11.9 Å². The second kappa shape index (κ2) is 5.43. The van der Waals surface area contributed by atoms with Gasteiger partial charge in [0.05, 0.1) is 18.8 Å². The summed E-state index contributed by atoms with van der Waals surface area (Å²) in [6.45, 7) is 6.26. The van der Waals surface area contributed by atoms with Crippen molar-refractivity contribution in [1.82, 2.24) is 0 Å². The molecule has 1 unspecified atom stereocenters. The normalized spacial score (nSPS) is 18.3. The van der Waals surface area contributed by atoms with Crippen molar-refractivity contribution in [2.45, 2.75) is 27.2 Å². The van der Waals surface area contributed by atoms with Gasteiger partial charge >= 0.3 is 5.97 Å². The van der Waals surface area contributed by atoms with Crippen LogP contribution in [0, 0.1) is 19.8 Å². The van der Waals surface area contributed by atoms with E-state index in [1.165, 1.54) is 0 Å². The molecule has 4 nitrogen and oxygen atoms in total. The minimum Gasteiger partial charge on any atom is -0.493 e. The number of hydrogen-bond donors (Lipinski definition) is 0. The molecule has 1 aliphatic heterocycles. The molecule has 1 atom stereocenters. The zero-order valence-corrected chi connectivity index (χ0v) is 11.5. The predicted molar refractivity (Wildman–Crippen MR) is 70.5 cm³/mol. The van der Waals surface area contributed by atoms with Crippen LogP contribution in [0.3, 0.4) is 0 Å². The monoisotopic (exact) mass is 262 g/mol. The summed E-state index contributed by atoms with van der Waals surface area (Å²) in [7, 11) is 0. The van der Waals surface area contributed by atoms with Gasteiger partial charge in [0.25, 0.3) is 0 Å². The van der Waals surface area contributed by atoms with E-state index in [9.17, 15) is 9.59 Å². The fourth-order valence-corrected chi connectivity index (χ4v) is 2.24. The van der Waals surface area contributed by atoms with Gasteiger partial charge in [-0.15, -0.1) is 0 Å². The molecule has 0 saturated carbocycles. The van der Waals surface area contributed by atoms with Crippen molar-refractivity contribution in [2.75, 3.05) is 13.2 Å². The molecule has 1 aliphatic rings. The minimum absolute atomic E-state index is 0.200. The molecule has 1 aromatic rings. The SMILES string of the molecule is CCOC(=O)C1CCOc2c(ccc(C)c2C)C1=O. The maximum Gasteiger partial charge on any atom is 0.316 e. The first-order chi connectivity index (χ1) is 9.06. The summed E-state index contributed by atoms with van der Waals surface area (Å²) in [5, 5.41) is 0. The second-order valence-corrected chi connectivity index (χ2v) is 4.69. The third kappa shape index (κ3) is 2.48. The van der Waals surface area contributed by atoms with Crippen LogP contribution < -0.4 is 4.74 Å². The molecule has 4 heteroatoms. The van der Waals surface area contributed by atoms with Gasteiger partial charge in [-0.3, -0.25) is 9.59 Å². The molecule has 0 amide bonds. The van der Waals surface area contributed by atoms with Gasteiger partial charge < -0.3 is 9.47 Å². The van der Waals surface area contributed by atoms with Crippen LogP contribution in [0.15, 0.2) is 12.1 Å². The highest BCUT2D eigenvalue weighted by molar-refractivity contribution is 6.10. The van der Waals surface area contributed by atoms with Crippen molar-refractivity contribution in [2.24, 2.45) is 5.92 Å². The van der Waals surface area contributed by atoms with Crippen molar-refractivity contribution in [3.8, 4) is 5.75 Å². The number of rotatable bonds is 2. The molecular formula is C15H18O4. The smallest absolute Gasteiger partial charge is 0.316 e. The summed E-state index contributed by atoms with van der Waals surface area (Å²) in [5.74, 6) is -0.795. The number of ketones is 1. The Hall–Kier alpha value is -1.84. The number of carbonyl (C=O) groups excluding carboxylic acids is 2. The number of hydrogen-bond acceptors (Lipinski definition) is 4. The van der Waals surface area contributed by atoms with Crippen LogP contribution in [-0.2, 0) is 9.53 Å². The molecule has 1 aromatic carbocycles. The highest BCUT2D eigenvalue weighted by Crippen LogP contribution is 2.32. The molecule has 0 radical (unpaired) electrons. The Labute approximate surface area is 112 Å². The Morgan fingerprint density at radius 3 is 2.84 bits per heavy atom. The molecule has 0 spiro atoms. The topological polar surface area (TPSA) is 52.6 Å². The number of aryl methyl sites for hydroxylation is 1. The second-order valence-electron chi connectivity index (χ2n) is 4.69. The molecule has 2 rings (SSSR count). The van der Waals surface area contributed by atoms with Gasteiger partial charge in [0.1, 0.15) is 11.7 Å². The van der Waals surface area contributed by atoms with Crippen molar-refractivity contribution < 1.29 is 19.1 Å². The highest BCUT2D eigenvalue weighted by Gasteiger charge is 2.33. The molecule has 0 bridgehead atoms. The van der Waals surface area contributed by atoms with Crippen LogP contribution in [0.2, 0.25) is 0 Å². The number of Topliss-reactive ketones (excluding diaryl/α,β-unsaturated/α-hetero) is 1. The molecule has 1 heterocycles. The van der Waals surface area contributed by atoms with Crippen LogP contribution in [0.1, 0.15) is 34.8 Å². The molecular weight excluding hydrogens is 244 g/mol. The van der Waals surface area contributed by atoms with Gasteiger partial charge in [-0.1, -0.05) is 6.07 Å². The lowest BCUT2D eigenvalue weighted by atomic mass is 9.93. The van der Waals surface area contributed by atoms with Crippen LogP contribution >= 0.6 is 0 Å². The predicted octanol–water partition coefficient (Wildman–Crippen LogP) is 2.45. The first-order valence-corrected chi connectivity index (χ1v) is 6.50. The van der Waals surface area contributed by atoms with E-state index in [-0.39, 0.29) is 12.4 Å². The largest absolute Gasteiger partial charge is 0.493 e. The fourth-order valence-electron chi connectivity index (χ4n) is 2.24. The third-order valence-corrected chi connectivity index (χ3v) is 3.48. The number of benzene rings is 1. The highest BCUT2D eigenvalue weighted by atomic mass is 16.5. The van der Waals surface area contributed by atoms with Crippen molar-refractivity contribution in [3.63, 3.8) is 0 Å². The Morgan fingerprint density at radius 1 is 1.42 bits per heavy atom. The Morgan fingerprint density at radius 2 is 2.16 bits per heavy atom. The zero-order valence-electron chi connectivity index (χ0n) is 11.5. The van der Waals surface area contributed by atoms with Crippen LogP contribution in [0.5, 0.6) is 5.75 Å². The Balaban J connectivity index is 2.40. The molecule has 0 aliphatic carbocycles. The summed E-state index contributed by atoms with van der Waals surface area (Å²) in [6.07, 6.45) is 0.366. The van der Waals surface area contributed by atoms with E-state index in [2.05, 4.69) is 0 Å². The lowest BCUT2D eigenvalue weighted by Gasteiger charge is -2.12. The molecule has 0 saturated heterocycles. The van der Waals surface area contributed by atoms with Gasteiger partial charge in [-0.2, -0.15) is 0 Å². The maximum atomic E-state index is 12.4. The van der Waals surface area contributed by atoms with E-state index in [0.717, 1.165) is 11.1 Å². The lowest BCUT2D eigenvalue weighted by molar-refractivity contribution is -0.146. The van der Waals surface area contributed by atoms with Crippen LogP contribution in [0.25, 0.3) is 0 Å². The van der Waals surface area contributed by atoms with E-state index in [0.29, 0.717) is 24.3 Å². The summed E-state index contributed by atoms with van der Waals surface area (Å²) in [6, 6.07) is 3.61. The van der Waals surface area contributed by atoms with Gasteiger partial charge in [0, 0.05) is 6.42 Å². The minimum atomic E-state index is -0.747. The molecule has 19 heavy (non-hydrogen) atoms. The van der Waals surface area contributed by atoms with E-state index >= 15 is 0 Å². The summed E-state index contributed by atoms with van der Waals surface area (Å²) in [4.78, 5) is 24.3. The summed E-state index contributed by atoms with van der Waals surface area (Å²) < 4.78 is 10.6. The molecule has 102 valence electrons. The van der Waals surface area contributed by atoms with Gasteiger partial charge in [-0.25, -0.2) is 0 Å². The van der Waals surface area contributed by atoms with Crippen LogP contribution in [0.4, 0.5) is 0 Å². The molecule has 0 fully saturated rings. The first kappa shape index (κ1) is 13.6. The Kier molecular flexibility index (Phi) is 3.88. The number of esters is 1. The van der Waals surface area contributed by atoms with Crippen LogP contribution in [-0.4, -0.2) is 25.0 Å². The third-order valence-electron chi connectivity index (χ3n) is 3.48. The Bertz CT molecular complexity index is 519. The quantitative estimate of drug-likeness (QED) is 0.607. The van der Waals surface area contributed by atoms with E-state index in [1.807, 2.05) is 19.9 Å². The number of fused-ring (bicyclic) bond motifs is 1. The van der Waals surface area contributed by atoms with E-state index in [4.69, 9.17) is 9.47 Å². The van der Waals surface area contributed by atoms with Crippen molar-refractivity contribution >= 4 is 11.8 Å². The average Bonchev–Trinajstić information content (AvgIpc) is 2.54.